The van der Waals surface area contributed by atoms with Crippen LogP contribution in [0.2, 0.25) is 0 Å². The van der Waals surface area contributed by atoms with Gasteiger partial charge in [-0.05, 0) is 80.0 Å². The van der Waals surface area contributed by atoms with E-state index in [2.05, 4.69) is 13.8 Å². The summed E-state index contributed by atoms with van der Waals surface area (Å²) in [6, 6.07) is 0. The molecule has 0 heterocycles. The van der Waals surface area contributed by atoms with Crippen molar-refractivity contribution in [1.29, 1.82) is 0 Å². The third kappa shape index (κ3) is 1.78. The molecule has 3 nitrogen and oxygen atoms in total. The molecule has 4 saturated carbocycles. The largest absolute Gasteiger partial charge is 0.393 e. The zero-order chi connectivity index (χ0) is 15.7. The molecule has 4 fully saturated rings. The zero-order valence-corrected chi connectivity index (χ0v) is 13.9. The van der Waals surface area contributed by atoms with Crippen molar-refractivity contribution >= 4 is 5.78 Å². The van der Waals surface area contributed by atoms with Crippen molar-refractivity contribution in [2.75, 3.05) is 0 Å². The van der Waals surface area contributed by atoms with E-state index in [1.165, 1.54) is 0 Å². The summed E-state index contributed by atoms with van der Waals surface area (Å²) >= 11 is 0. The standard InChI is InChI=1S/C19H30O3/c1-18-10-8-15(20)17(22)14(18)4-3-11-12-5-6-16(21)19(12,2)9-7-13(11)18/h11-16,20-21H,3-10H2,1-2H3/t11-,12-,13-,14+,15+,16-,18+,19-/m0/s1. The molecule has 3 heteroatoms. The van der Waals surface area contributed by atoms with E-state index in [1.54, 1.807) is 0 Å². The Hall–Kier alpha value is -0.410. The first-order valence-corrected chi connectivity index (χ1v) is 9.28. The molecule has 4 aliphatic rings. The van der Waals surface area contributed by atoms with Crippen LogP contribution >= 0.6 is 0 Å². The van der Waals surface area contributed by atoms with Crippen LogP contribution in [0, 0.1) is 34.5 Å². The summed E-state index contributed by atoms with van der Waals surface area (Å²) in [4.78, 5) is 12.5. The molecule has 0 bridgehead atoms. The molecule has 22 heavy (non-hydrogen) atoms. The van der Waals surface area contributed by atoms with E-state index in [1.807, 2.05) is 0 Å². The van der Waals surface area contributed by atoms with Gasteiger partial charge in [-0.15, -0.1) is 0 Å². The van der Waals surface area contributed by atoms with Gasteiger partial charge in [0.1, 0.15) is 6.10 Å². The van der Waals surface area contributed by atoms with Crippen molar-refractivity contribution in [1.82, 2.24) is 0 Å². The smallest absolute Gasteiger partial charge is 0.164 e. The molecule has 4 rings (SSSR count). The summed E-state index contributed by atoms with van der Waals surface area (Å²) in [5.41, 5.74) is 0.205. The number of hydrogen-bond donors (Lipinski definition) is 2. The Kier molecular flexibility index (Phi) is 3.30. The van der Waals surface area contributed by atoms with Crippen LogP contribution in [0.25, 0.3) is 0 Å². The van der Waals surface area contributed by atoms with Crippen molar-refractivity contribution < 1.29 is 15.0 Å². The van der Waals surface area contributed by atoms with Gasteiger partial charge < -0.3 is 10.2 Å². The van der Waals surface area contributed by atoms with Crippen molar-refractivity contribution in [3.8, 4) is 0 Å². The van der Waals surface area contributed by atoms with Gasteiger partial charge in [0.15, 0.2) is 5.78 Å². The van der Waals surface area contributed by atoms with Gasteiger partial charge in [-0.2, -0.15) is 0 Å². The number of fused-ring (bicyclic) bond motifs is 5. The lowest BCUT2D eigenvalue weighted by molar-refractivity contribution is -0.161. The fraction of sp³-hybridized carbons (Fsp3) is 0.947. The number of Topliss-reactive ketones (excluding diaryl/α,β-unsaturated/α-hetero) is 1. The number of hydrogen-bond acceptors (Lipinski definition) is 3. The van der Waals surface area contributed by atoms with Crippen molar-refractivity contribution in [3.63, 3.8) is 0 Å². The highest BCUT2D eigenvalue weighted by atomic mass is 16.3. The maximum absolute atomic E-state index is 12.5. The van der Waals surface area contributed by atoms with Gasteiger partial charge in [0.05, 0.1) is 6.10 Å². The summed E-state index contributed by atoms with van der Waals surface area (Å²) in [5.74, 6) is 2.13. The van der Waals surface area contributed by atoms with E-state index in [0.29, 0.717) is 24.2 Å². The lowest BCUT2D eigenvalue weighted by atomic mass is 9.45. The van der Waals surface area contributed by atoms with Gasteiger partial charge in [-0.1, -0.05) is 13.8 Å². The fourth-order valence-electron chi connectivity index (χ4n) is 7.08. The van der Waals surface area contributed by atoms with E-state index in [9.17, 15) is 15.0 Å². The molecule has 0 unspecified atom stereocenters. The minimum atomic E-state index is -0.711. The molecule has 2 N–H and O–H groups in total. The van der Waals surface area contributed by atoms with Crippen LogP contribution in [-0.2, 0) is 4.79 Å². The van der Waals surface area contributed by atoms with E-state index < -0.39 is 6.10 Å². The number of ketones is 1. The Labute approximate surface area is 133 Å². The van der Waals surface area contributed by atoms with E-state index in [0.717, 1.165) is 44.9 Å². The Morgan fingerprint density at radius 2 is 1.55 bits per heavy atom. The molecular formula is C19H30O3. The van der Waals surface area contributed by atoms with Gasteiger partial charge >= 0.3 is 0 Å². The van der Waals surface area contributed by atoms with Gasteiger partial charge in [0.25, 0.3) is 0 Å². The maximum atomic E-state index is 12.5. The highest BCUT2D eigenvalue weighted by Gasteiger charge is 2.61. The van der Waals surface area contributed by atoms with Gasteiger partial charge in [-0.25, -0.2) is 0 Å². The normalized spacial score (nSPS) is 57.9. The molecule has 0 spiro atoms. The molecular weight excluding hydrogens is 276 g/mol. The second kappa shape index (κ2) is 4.80. The van der Waals surface area contributed by atoms with E-state index >= 15 is 0 Å². The first kappa shape index (κ1) is 15.1. The average molecular weight is 306 g/mol. The molecule has 0 amide bonds. The minimum Gasteiger partial charge on any atom is -0.393 e. The number of aliphatic hydroxyl groups is 2. The number of carbonyl (C=O) groups excluding carboxylic acids is 1. The van der Waals surface area contributed by atoms with Gasteiger partial charge in [-0.3, -0.25) is 4.79 Å². The molecule has 124 valence electrons. The van der Waals surface area contributed by atoms with Gasteiger partial charge in [0, 0.05) is 5.92 Å². The second-order valence-electron chi connectivity index (χ2n) is 9.11. The first-order valence-electron chi connectivity index (χ1n) is 9.28. The second-order valence-corrected chi connectivity index (χ2v) is 9.11. The highest BCUT2D eigenvalue weighted by molar-refractivity contribution is 5.86. The van der Waals surface area contributed by atoms with Gasteiger partial charge in [0.2, 0.25) is 0 Å². The molecule has 0 aromatic rings. The Bertz CT molecular complexity index is 489. The number of carbonyl (C=O) groups is 1. The Balaban J connectivity index is 1.65. The fourth-order valence-corrected chi connectivity index (χ4v) is 7.08. The SMILES string of the molecule is C[C@]12CC[C@@H](O)C(=O)[C@H]1CC[C@@H]1[C@@H]2CC[C@]2(C)[C@@H](O)CC[C@@H]12. The molecule has 0 aromatic carbocycles. The van der Waals surface area contributed by atoms with E-state index in [-0.39, 0.29) is 28.6 Å². The summed E-state index contributed by atoms with van der Waals surface area (Å²) < 4.78 is 0. The topological polar surface area (TPSA) is 57.5 Å². The predicted molar refractivity (Wildman–Crippen MR) is 84.1 cm³/mol. The molecule has 0 radical (unpaired) electrons. The van der Waals surface area contributed by atoms with Crippen molar-refractivity contribution in [2.24, 2.45) is 34.5 Å². The quantitative estimate of drug-likeness (QED) is 0.723. The van der Waals surface area contributed by atoms with Crippen LogP contribution in [0.3, 0.4) is 0 Å². The van der Waals surface area contributed by atoms with Crippen LogP contribution in [0.5, 0.6) is 0 Å². The van der Waals surface area contributed by atoms with Crippen molar-refractivity contribution in [2.45, 2.75) is 77.4 Å². The maximum Gasteiger partial charge on any atom is 0.164 e. The predicted octanol–water partition coefficient (Wildman–Crippen LogP) is 2.93. The molecule has 0 aliphatic heterocycles. The van der Waals surface area contributed by atoms with Crippen molar-refractivity contribution in [3.05, 3.63) is 0 Å². The Morgan fingerprint density at radius 3 is 2.32 bits per heavy atom. The minimum absolute atomic E-state index is 0.0770. The third-order valence-corrected chi connectivity index (χ3v) is 8.45. The molecule has 8 atom stereocenters. The Morgan fingerprint density at radius 1 is 0.864 bits per heavy atom. The average Bonchev–Trinajstić information content (AvgIpc) is 2.79. The lowest BCUT2D eigenvalue weighted by Crippen LogP contribution is -2.57. The van der Waals surface area contributed by atoms with Crippen LogP contribution in [0.1, 0.15) is 65.2 Å². The molecule has 0 aromatic heterocycles. The van der Waals surface area contributed by atoms with E-state index in [4.69, 9.17) is 0 Å². The summed E-state index contributed by atoms with van der Waals surface area (Å²) in [7, 11) is 0. The zero-order valence-electron chi connectivity index (χ0n) is 13.9. The molecule has 4 aliphatic carbocycles. The highest BCUT2D eigenvalue weighted by Crippen LogP contribution is 2.65. The lowest BCUT2D eigenvalue weighted by Gasteiger charge is -2.60. The summed E-state index contributed by atoms with van der Waals surface area (Å²) in [6.07, 6.45) is 7.28. The third-order valence-electron chi connectivity index (χ3n) is 8.45. The number of aliphatic hydroxyl groups excluding tert-OH is 2. The molecule has 0 saturated heterocycles. The monoisotopic (exact) mass is 306 g/mol. The van der Waals surface area contributed by atoms with Crippen LogP contribution < -0.4 is 0 Å². The van der Waals surface area contributed by atoms with Crippen LogP contribution in [-0.4, -0.2) is 28.2 Å². The first-order chi connectivity index (χ1) is 10.4. The van der Waals surface area contributed by atoms with Crippen LogP contribution in [0.15, 0.2) is 0 Å². The number of rotatable bonds is 0. The summed E-state index contributed by atoms with van der Waals surface area (Å²) in [5, 5.41) is 20.4. The van der Waals surface area contributed by atoms with Crippen LogP contribution in [0.4, 0.5) is 0 Å². The summed E-state index contributed by atoms with van der Waals surface area (Å²) in [6.45, 7) is 4.63.